The van der Waals surface area contributed by atoms with Crippen LogP contribution in [0.5, 0.6) is 0 Å². The van der Waals surface area contributed by atoms with Crippen LogP contribution >= 0.6 is 11.6 Å². The number of fused-ring (bicyclic) bond motifs is 1. The molecule has 18 heavy (non-hydrogen) atoms. The lowest BCUT2D eigenvalue weighted by Crippen LogP contribution is -1.91. The molecule has 0 atom stereocenters. The summed E-state index contributed by atoms with van der Waals surface area (Å²) < 4.78 is 0. The fourth-order valence-electron chi connectivity index (χ4n) is 2.06. The van der Waals surface area contributed by atoms with Crippen molar-refractivity contribution in [1.29, 1.82) is 0 Å². The molecule has 0 aliphatic carbocycles. The first-order valence-corrected chi connectivity index (χ1v) is 6.02. The highest BCUT2D eigenvalue weighted by atomic mass is 35.5. The van der Waals surface area contributed by atoms with E-state index in [-0.39, 0.29) is 0 Å². The lowest BCUT2D eigenvalue weighted by atomic mass is 10.0. The largest absolute Gasteiger partial charge is 0.383 e. The molecule has 0 aliphatic heterocycles. The molecule has 3 rings (SSSR count). The number of nitrogens with zero attached hydrogens (tertiary/aromatic N) is 1. The van der Waals surface area contributed by atoms with E-state index in [2.05, 4.69) is 4.98 Å². The van der Waals surface area contributed by atoms with Crippen molar-refractivity contribution >= 4 is 28.2 Å². The van der Waals surface area contributed by atoms with E-state index in [4.69, 9.17) is 17.3 Å². The Hall–Kier alpha value is -2.06. The Morgan fingerprint density at radius 2 is 1.78 bits per heavy atom. The number of hydrogen-bond donors (Lipinski definition) is 1. The summed E-state index contributed by atoms with van der Waals surface area (Å²) in [6.45, 7) is 0. The van der Waals surface area contributed by atoms with Crippen molar-refractivity contribution in [3.05, 3.63) is 59.8 Å². The molecule has 3 heteroatoms. The van der Waals surface area contributed by atoms with Gasteiger partial charge in [-0.05, 0) is 29.1 Å². The fraction of sp³-hybridized carbons (Fsp3) is 0. The topological polar surface area (TPSA) is 38.9 Å². The van der Waals surface area contributed by atoms with Crippen molar-refractivity contribution in [2.24, 2.45) is 0 Å². The van der Waals surface area contributed by atoms with Crippen LogP contribution in [0.4, 0.5) is 5.82 Å². The van der Waals surface area contributed by atoms with Crippen molar-refractivity contribution in [2.45, 2.75) is 0 Å². The zero-order valence-corrected chi connectivity index (χ0v) is 10.4. The first-order chi connectivity index (χ1) is 8.75. The molecule has 2 aromatic carbocycles. The predicted molar refractivity (Wildman–Crippen MR) is 76.6 cm³/mol. The molecule has 1 aromatic heterocycles. The molecule has 0 aliphatic rings. The van der Waals surface area contributed by atoms with Crippen LogP contribution < -0.4 is 5.73 Å². The summed E-state index contributed by atoms with van der Waals surface area (Å²) in [5.74, 6) is 0.508. The lowest BCUT2D eigenvalue weighted by Gasteiger charge is -2.08. The summed E-state index contributed by atoms with van der Waals surface area (Å²) in [5.41, 5.74) is 7.95. The highest BCUT2D eigenvalue weighted by Crippen LogP contribution is 2.33. The third-order valence-corrected chi connectivity index (χ3v) is 3.28. The van der Waals surface area contributed by atoms with Gasteiger partial charge < -0.3 is 5.73 Å². The minimum Gasteiger partial charge on any atom is -0.383 e. The number of hydrogen-bond acceptors (Lipinski definition) is 2. The summed E-state index contributed by atoms with van der Waals surface area (Å²) in [4.78, 5) is 4.07. The Kier molecular flexibility index (Phi) is 2.65. The number of benzene rings is 2. The highest BCUT2D eigenvalue weighted by Gasteiger charge is 2.07. The van der Waals surface area contributed by atoms with Crippen LogP contribution in [-0.4, -0.2) is 4.98 Å². The second-order valence-corrected chi connectivity index (χ2v) is 4.52. The van der Waals surface area contributed by atoms with Gasteiger partial charge in [0.2, 0.25) is 0 Å². The summed E-state index contributed by atoms with van der Waals surface area (Å²) in [6.07, 6.45) is 1.71. The van der Waals surface area contributed by atoms with E-state index in [1.54, 1.807) is 6.20 Å². The third kappa shape index (κ3) is 1.81. The van der Waals surface area contributed by atoms with E-state index >= 15 is 0 Å². The maximum atomic E-state index is 6.33. The van der Waals surface area contributed by atoms with Crippen LogP contribution in [0, 0.1) is 0 Å². The maximum Gasteiger partial charge on any atom is 0.131 e. The van der Waals surface area contributed by atoms with Gasteiger partial charge in [0.1, 0.15) is 5.82 Å². The van der Waals surface area contributed by atoms with Crippen LogP contribution in [0.1, 0.15) is 0 Å². The Balaban J connectivity index is 2.29. The van der Waals surface area contributed by atoms with E-state index < -0.39 is 0 Å². The lowest BCUT2D eigenvalue weighted by molar-refractivity contribution is 1.37. The molecular formula is C15H11ClN2. The zero-order chi connectivity index (χ0) is 12.5. The Bertz CT molecular complexity index is 708. The average molecular weight is 255 g/mol. The van der Waals surface area contributed by atoms with Gasteiger partial charge in [0.15, 0.2) is 0 Å². The van der Waals surface area contributed by atoms with Gasteiger partial charge in [0.25, 0.3) is 0 Å². The van der Waals surface area contributed by atoms with Crippen molar-refractivity contribution < 1.29 is 0 Å². The number of nitrogen functional groups attached to an aromatic ring is 1. The van der Waals surface area contributed by atoms with Crippen LogP contribution in [0.25, 0.3) is 21.9 Å². The summed E-state index contributed by atoms with van der Waals surface area (Å²) >= 11 is 6.33. The summed E-state index contributed by atoms with van der Waals surface area (Å²) in [5, 5.41) is 2.63. The SMILES string of the molecule is Nc1nccc2cc(-c3ccccc3)c(Cl)cc12. The molecule has 0 radical (unpaired) electrons. The van der Waals surface area contributed by atoms with E-state index in [1.165, 1.54) is 0 Å². The average Bonchev–Trinajstić information content (AvgIpc) is 2.40. The van der Waals surface area contributed by atoms with Crippen molar-refractivity contribution in [3.63, 3.8) is 0 Å². The van der Waals surface area contributed by atoms with Crippen LogP contribution in [0.2, 0.25) is 5.02 Å². The van der Waals surface area contributed by atoms with Gasteiger partial charge in [0.05, 0.1) is 0 Å². The molecular weight excluding hydrogens is 244 g/mol. The van der Waals surface area contributed by atoms with Gasteiger partial charge in [-0.15, -0.1) is 0 Å². The molecule has 2 N–H and O–H groups in total. The second kappa shape index (κ2) is 4.31. The third-order valence-electron chi connectivity index (χ3n) is 2.97. The normalized spacial score (nSPS) is 10.7. The smallest absolute Gasteiger partial charge is 0.131 e. The van der Waals surface area contributed by atoms with Gasteiger partial charge in [-0.25, -0.2) is 4.98 Å². The van der Waals surface area contributed by atoms with E-state index in [1.807, 2.05) is 48.5 Å². The van der Waals surface area contributed by atoms with E-state index in [0.717, 1.165) is 21.9 Å². The molecule has 0 bridgehead atoms. The predicted octanol–water partition coefficient (Wildman–Crippen LogP) is 4.14. The Labute approximate surface area is 110 Å². The molecule has 88 valence electrons. The van der Waals surface area contributed by atoms with Gasteiger partial charge in [-0.1, -0.05) is 41.9 Å². The molecule has 2 nitrogen and oxygen atoms in total. The van der Waals surface area contributed by atoms with Gasteiger partial charge in [-0.3, -0.25) is 0 Å². The molecule has 1 heterocycles. The zero-order valence-electron chi connectivity index (χ0n) is 9.60. The number of rotatable bonds is 1. The number of nitrogens with two attached hydrogens (primary N) is 1. The summed E-state index contributed by atoms with van der Waals surface area (Å²) in [6, 6.07) is 15.9. The minimum absolute atomic E-state index is 0.508. The molecule has 0 saturated heterocycles. The first-order valence-electron chi connectivity index (χ1n) is 5.65. The van der Waals surface area contributed by atoms with Crippen molar-refractivity contribution in [3.8, 4) is 11.1 Å². The van der Waals surface area contributed by atoms with Gasteiger partial charge in [0, 0.05) is 22.2 Å². The molecule has 3 aromatic rings. The Morgan fingerprint density at radius 1 is 1.00 bits per heavy atom. The van der Waals surface area contributed by atoms with E-state index in [9.17, 15) is 0 Å². The Morgan fingerprint density at radius 3 is 2.56 bits per heavy atom. The van der Waals surface area contributed by atoms with Crippen LogP contribution in [-0.2, 0) is 0 Å². The number of pyridine rings is 1. The standard InChI is InChI=1S/C15H11ClN2/c16-14-9-13-11(6-7-18-15(13)17)8-12(14)10-4-2-1-3-5-10/h1-9H,(H2,17,18). The molecule has 0 spiro atoms. The van der Waals surface area contributed by atoms with Gasteiger partial charge in [-0.2, -0.15) is 0 Å². The van der Waals surface area contributed by atoms with Gasteiger partial charge >= 0.3 is 0 Å². The number of aromatic nitrogens is 1. The molecule has 0 fully saturated rings. The molecule has 0 unspecified atom stereocenters. The molecule has 0 saturated carbocycles. The fourth-order valence-corrected chi connectivity index (χ4v) is 2.33. The quantitative estimate of drug-likeness (QED) is 0.709. The van der Waals surface area contributed by atoms with Crippen LogP contribution in [0.15, 0.2) is 54.7 Å². The van der Waals surface area contributed by atoms with E-state index in [0.29, 0.717) is 10.8 Å². The van der Waals surface area contributed by atoms with Crippen molar-refractivity contribution in [2.75, 3.05) is 5.73 Å². The maximum absolute atomic E-state index is 6.33. The second-order valence-electron chi connectivity index (χ2n) is 4.12. The number of anilines is 1. The van der Waals surface area contributed by atoms with Crippen LogP contribution in [0.3, 0.4) is 0 Å². The monoisotopic (exact) mass is 254 g/mol. The highest BCUT2D eigenvalue weighted by molar-refractivity contribution is 6.34. The van der Waals surface area contributed by atoms with Crippen molar-refractivity contribution in [1.82, 2.24) is 4.98 Å². The molecule has 0 amide bonds. The first kappa shape index (κ1) is 11.1. The number of halogens is 1. The minimum atomic E-state index is 0.508. The summed E-state index contributed by atoms with van der Waals surface area (Å²) in [7, 11) is 0.